The molecule has 92 valence electrons. The van der Waals surface area contributed by atoms with Gasteiger partial charge in [-0.05, 0) is 22.8 Å². The molecule has 0 spiro atoms. The van der Waals surface area contributed by atoms with Gasteiger partial charge in [0.05, 0.1) is 12.1 Å². The summed E-state index contributed by atoms with van der Waals surface area (Å²) in [5, 5.41) is 18.1. The lowest BCUT2D eigenvalue weighted by molar-refractivity contribution is 0.282. The number of hydrogen-bond donors (Lipinski definition) is 2. The van der Waals surface area contributed by atoms with Crippen molar-refractivity contribution < 1.29 is 5.11 Å². The van der Waals surface area contributed by atoms with Crippen LogP contribution in [0.15, 0.2) is 36.4 Å². The summed E-state index contributed by atoms with van der Waals surface area (Å²) < 4.78 is 0. The molecule has 4 rings (SSSR count). The van der Waals surface area contributed by atoms with Crippen LogP contribution >= 0.6 is 0 Å². The Balaban J connectivity index is 2.19. The standard InChI is InChI=1S/C16H12N2O/c19-9-11-6-8-14-15-12(11)7-5-10-3-1-2-4-13(10)16(15)18-17-14/h1-8,19H,9H2,(H,17,18). The molecule has 0 saturated carbocycles. The van der Waals surface area contributed by atoms with Crippen LogP contribution in [0, 0.1) is 0 Å². The molecule has 0 amide bonds. The highest BCUT2D eigenvalue weighted by Gasteiger charge is 2.17. The fourth-order valence-electron chi connectivity index (χ4n) is 2.74. The number of hydrogen-bond acceptors (Lipinski definition) is 2. The summed E-state index contributed by atoms with van der Waals surface area (Å²) in [6.45, 7) is 0.0383. The molecule has 1 aliphatic rings. The minimum Gasteiger partial charge on any atom is -0.392 e. The number of aliphatic hydroxyl groups excluding tert-OH is 1. The third kappa shape index (κ3) is 1.39. The number of aromatic nitrogens is 2. The third-order valence-corrected chi connectivity index (χ3v) is 3.68. The Bertz CT molecular complexity index is 815. The summed E-state index contributed by atoms with van der Waals surface area (Å²) in [5.74, 6) is 0. The molecule has 2 N–H and O–H groups in total. The molecule has 1 aliphatic carbocycles. The fourth-order valence-corrected chi connectivity index (χ4v) is 2.74. The van der Waals surface area contributed by atoms with Gasteiger partial charge in [0, 0.05) is 10.9 Å². The van der Waals surface area contributed by atoms with Crippen LogP contribution in [0.5, 0.6) is 0 Å². The molecule has 0 radical (unpaired) electrons. The predicted octanol–water partition coefficient (Wildman–Crippen LogP) is 3.21. The maximum Gasteiger partial charge on any atom is 0.101 e. The van der Waals surface area contributed by atoms with Crippen LogP contribution in [0.1, 0.15) is 16.7 Å². The van der Waals surface area contributed by atoms with E-state index < -0.39 is 0 Å². The molecule has 3 nitrogen and oxygen atoms in total. The van der Waals surface area contributed by atoms with Crippen molar-refractivity contribution in [3.05, 3.63) is 53.1 Å². The molecule has 3 heteroatoms. The Hall–Kier alpha value is -2.39. The zero-order valence-electron chi connectivity index (χ0n) is 10.2. The van der Waals surface area contributed by atoms with Crippen LogP contribution in [0.25, 0.3) is 34.3 Å². The van der Waals surface area contributed by atoms with Gasteiger partial charge in [0.1, 0.15) is 5.69 Å². The van der Waals surface area contributed by atoms with E-state index in [1.807, 2.05) is 24.3 Å². The monoisotopic (exact) mass is 248 g/mol. The van der Waals surface area contributed by atoms with Crippen molar-refractivity contribution >= 4 is 23.1 Å². The SMILES string of the molecule is OCc1ccc2[nH]nc3c2c1C=Cc1ccccc1-3. The Labute approximate surface area is 110 Å². The summed E-state index contributed by atoms with van der Waals surface area (Å²) >= 11 is 0. The van der Waals surface area contributed by atoms with Crippen LogP contribution in [-0.4, -0.2) is 15.3 Å². The predicted molar refractivity (Wildman–Crippen MR) is 76.4 cm³/mol. The molecular formula is C16H12N2O. The number of H-pyrrole nitrogens is 1. The zero-order valence-corrected chi connectivity index (χ0v) is 10.2. The minimum atomic E-state index is 0.0383. The quantitative estimate of drug-likeness (QED) is 0.543. The van der Waals surface area contributed by atoms with Gasteiger partial charge in [-0.2, -0.15) is 5.10 Å². The van der Waals surface area contributed by atoms with E-state index >= 15 is 0 Å². The minimum absolute atomic E-state index is 0.0383. The average molecular weight is 248 g/mol. The lowest BCUT2D eigenvalue weighted by Gasteiger charge is -2.04. The first-order chi connectivity index (χ1) is 9.38. The highest BCUT2D eigenvalue weighted by atomic mass is 16.3. The van der Waals surface area contributed by atoms with Crippen molar-refractivity contribution in [1.29, 1.82) is 0 Å². The number of aliphatic hydroxyl groups is 1. The summed E-state index contributed by atoms with van der Waals surface area (Å²) in [6.07, 6.45) is 4.16. The van der Waals surface area contributed by atoms with E-state index in [0.717, 1.165) is 38.9 Å². The molecule has 19 heavy (non-hydrogen) atoms. The van der Waals surface area contributed by atoms with Crippen molar-refractivity contribution in [1.82, 2.24) is 10.2 Å². The summed E-state index contributed by atoms with van der Waals surface area (Å²) in [6, 6.07) is 12.1. The maximum atomic E-state index is 9.51. The van der Waals surface area contributed by atoms with E-state index in [1.165, 1.54) is 0 Å². The largest absolute Gasteiger partial charge is 0.392 e. The summed E-state index contributed by atoms with van der Waals surface area (Å²) in [4.78, 5) is 0. The number of fused-ring (bicyclic) bond motifs is 2. The lowest BCUT2D eigenvalue weighted by atomic mass is 10.00. The van der Waals surface area contributed by atoms with Crippen molar-refractivity contribution in [2.24, 2.45) is 0 Å². The molecule has 1 heterocycles. The van der Waals surface area contributed by atoms with E-state index in [-0.39, 0.29) is 6.61 Å². The van der Waals surface area contributed by atoms with Gasteiger partial charge in [-0.25, -0.2) is 0 Å². The number of nitrogens with one attached hydrogen (secondary N) is 1. The van der Waals surface area contributed by atoms with Crippen molar-refractivity contribution in [2.75, 3.05) is 0 Å². The van der Waals surface area contributed by atoms with Gasteiger partial charge < -0.3 is 5.11 Å². The van der Waals surface area contributed by atoms with E-state index in [4.69, 9.17) is 0 Å². The normalized spacial score (nSPS) is 12.5. The number of benzene rings is 2. The fraction of sp³-hybridized carbons (Fsp3) is 0.0625. The Morgan fingerprint density at radius 1 is 1.05 bits per heavy atom. The number of rotatable bonds is 1. The van der Waals surface area contributed by atoms with Crippen molar-refractivity contribution in [2.45, 2.75) is 6.61 Å². The average Bonchev–Trinajstić information content (AvgIpc) is 2.81. The molecule has 0 aliphatic heterocycles. The second kappa shape index (κ2) is 3.80. The van der Waals surface area contributed by atoms with Gasteiger partial charge in [-0.1, -0.05) is 42.5 Å². The Kier molecular flexibility index (Phi) is 2.11. The molecule has 0 unspecified atom stereocenters. The molecule has 3 aromatic rings. The highest BCUT2D eigenvalue weighted by Crippen LogP contribution is 2.36. The molecular weight excluding hydrogens is 236 g/mol. The van der Waals surface area contributed by atoms with Crippen molar-refractivity contribution in [3.8, 4) is 11.3 Å². The van der Waals surface area contributed by atoms with Crippen LogP contribution in [0.4, 0.5) is 0 Å². The molecule has 0 saturated heterocycles. The van der Waals surface area contributed by atoms with E-state index in [9.17, 15) is 5.11 Å². The van der Waals surface area contributed by atoms with Crippen molar-refractivity contribution in [3.63, 3.8) is 0 Å². The van der Waals surface area contributed by atoms with Gasteiger partial charge in [0.15, 0.2) is 0 Å². The van der Waals surface area contributed by atoms with E-state index in [1.54, 1.807) is 0 Å². The van der Waals surface area contributed by atoms with Crippen LogP contribution < -0.4 is 0 Å². The highest BCUT2D eigenvalue weighted by molar-refractivity contribution is 6.05. The van der Waals surface area contributed by atoms with E-state index in [0.29, 0.717) is 0 Å². The van der Waals surface area contributed by atoms with Gasteiger partial charge in [-0.15, -0.1) is 0 Å². The van der Waals surface area contributed by atoms with Gasteiger partial charge in [0.25, 0.3) is 0 Å². The first-order valence-electron chi connectivity index (χ1n) is 6.27. The topological polar surface area (TPSA) is 48.9 Å². The van der Waals surface area contributed by atoms with Gasteiger partial charge >= 0.3 is 0 Å². The summed E-state index contributed by atoms with van der Waals surface area (Å²) in [7, 11) is 0. The molecule has 0 fully saturated rings. The molecule has 2 aromatic carbocycles. The first kappa shape index (κ1) is 10.5. The Morgan fingerprint density at radius 3 is 2.84 bits per heavy atom. The first-order valence-corrected chi connectivity index (χ1v) is 6.27. The third-order valence-electron chi connectivity index (χ3n) is 3.68. The molecule has 0 atom stereocenters. The Morgan fingerprint density at radius 2 is 1.95 bits per heavy atom. The number of aromatic amines is 1. The zero-order chi connectivity index (χ0) is 12.8. The second-order valence-electron chi connectivity index (χ2n) is 4.71. The van der Waals surface area contributed by atoms with E-state index in [2.05, 4.69) is 34.5 Å². The smallest absolute Gasteiger partial charge is 0.101 e. The van der Waals surface area contributed by atoms with Crippen LogP contribution in [0.2, 0.25) is 0 Å². The summed E-state index contributed by atoms with van der Waals surface area (Å²) in [5.41, 5.74) is 6.22. The lowest BCUT2D eigenvalue weighted by Crippen LogP contribution is -1.89. The second-order valence-corrected chi connectivity index (χ2v) is 4.71. The molecule has 0 bridgehead atoms. The van der Waals surface area contributed by atoms with Crippen LogP contribution in [-0.2, 0) is 6.61 Å². The molecule has 1 aromatic heterocycles. The van der Waals surface area contributed by atoms with Crippen LogP contribution in [0.3, 0.4) is 0 Å². The van der Waals surface area contributed by atoms with Gasteiger partial charge in [-0.3, -0.25) is 5.10 Å². The number of nitrogens with zero attached hydrogens (tertiary/aromatic N) is 1. The maximum absolute atomic E-state index is 9.51. The van der Waals surface area contributed by atoms with Gasteiger partial charge in [0.2, 0.25) is 0 Å².